The number of nitrogens with zero attached hydrogens (tertiary/aromatic N) is 1. The number of halogens is 6. The Labute approximate surface area is 106 Å². The normalized spacial score (nSPS) is 15.0. The Morgan fingerprint density at radius 3 is 2.11 bits per heavy atom. The molecule has 0 saturated heterocycles. The van der Waals surface area contributed by atoms with Gasteiger partial charge in [-0.05, 0) is 29.3 Å². The van der Waals surface area contributed by atoms with Gasteiger partial charge in [0.05, 0.1) is 0 Å². The first kappa shape index (κ1) is 15.0. The van der Waals surface area contributed by atoms with E-state index in [0.717, 1.165) is 24.3 Å². The lowest BCUT2D eigenvalue weighted by molar-refractivity contribution is -0.0932. The molecule has 0 spiro atoms. The van der Waals surface area contributed by atoms with Gasteiger partial charge in [-0.1, -0.05) is 12.1 Å². The summed E-state index contributed by atoms with van der Waals surface area (Å²) in [5.41, 5.74) is 0.124. The minimum atomic E-state index is -4.99. The van der Waals surface area contributed by atoms with Crippen LogP contribution >= 0.6 is 11.6 Å². The predicted molar refractivity (Wildman–Crippen MR) is 57.9 cm³/mol. The third-order valence-electron chi connectivity index (χ3n) is 1.72. The highest BCUT2D eigenvalue weighted by Crippen LogP contribution is 2.40. The van der Waals surface area contributed by atoms with E-state index in [1.54, 1.807) is 0 Å². The van der Waals surface area contributed by atoms with Crippen LogP contribution in [0, 0.1) is 5.82 Å². The first-order chi connectivity index (χ1) is 8.14. The zero-order valence-electron chi connectivity index (χ0n) is 8.42. The number of rotatable bonds is 4. The van der Waals surface area contributed by atoms with E-state index in [0.29, 0.717) is 6.21 Å². The van der Waals surface area contributed by atoms with Crippen molar-refractivity contribution in [1.82, 2.24) is 0 Å². The maximum absolute atomic E-state index is 12.7. The second kappa shape index (κ2) is 5.31. The molecule has 2 nitrogen and oxygen atoms in total. The monoisotopic (exact) mass is 305 g/mol. The minimum absolute atomic E-state index is 0.124. The molecule has 0 amide bonds. The van der Waals surface area contributed by atoms with Gasteiger partial charge in [-0.3, -0.25) is 0 Å². The van der Waals surface area contributed by atoms with Crippen molar-refractivity contribution in [1.29, 1.82) is 0 Å². The molecule has 1 atom stereocenters. The van der Waals surface area contributed by atoms with Crippen LogP contribution in [0.2, 0.25) is 0 Å². The third kappa shape index (κ3) is 3.49. The summed E-state index contributed by atoms with van der Waals surface area (Å²) in [7, 11) is -3.55. The Morgan fingerprint density at radius 2 is 1.67 bits per heavy atom. The van der Waals surface area contributed by atoms with Gasteiger partial charge in [0.2, 0.25) is 11.0 Å². The van der Waals surface area contributed by atoms with Crippen molar-refractivity contribution in [2.45, 2.75) is 10.6 Å². The van der Waals surface area contributed by atoms with E-state index in [2.05, 4.69) is 16.0 Å². The van der Waals surface area contributed by atoms with Crippen LogP contribution in [0.25, 0.3) is 0 Å². The summed E-state index contributed by atoms with van der Waals surface area (Å²) in [5.74, 6) is -0.578. The summed E-state index contributed by atoms with van der Waals surface area (Å²) in [5, 5.41) is -9.97. The fourth-order valence-corrected chi connectivity index (χ4v) is 1.57. The molecule has 100 valence electrons. The van der Waals surface area contributed by atoms with E-state index in [1.807, 2.05) is 0 Å². The van der Waals surface area contributed by atoms with Crippen LogP contribution in [0.1, 0.15) is 5.56 Å². The average molecular weight is 306 g/mol. The van der Waals surface area contributed by atoms with Crippen molar-refractivity contribution in [3.8, 4) is 0 Å². The molecule has 0 heterocycles. The molecular formula is C9H5ClF5NOS. The van der Waals surface area contributed by atoms with Crippen molar-refractivity contribution in [3.05, 3.63) is 35.6 Å². The van der Waals surface area contributed by atoms with E-state index >= 15 is 0 Å². The van der Waals surface area contributed by atoms with Crippen LogP contribution < -0.4 is 0 Å². The van der Waals surface area contributed by atoms with Crippen LogP contribution in [0.5, 0.6) is 0 Å². The summed E-state index contributed by atoms with van der Waals surface area (Å²) in [6, 6.07) is 4.29. The highest BCUT2D eigenvalue weighted by molar-refractivity contribution is 7.85. The standard InChI is InChI=1S/C9H5ClF5NOS/c10-8(12,13)9(14,15)18(17)16-5-6-1-3-7(11)4-2-6/h1-5H/b16-5+. The van der Waals surface area contributed by atoms with Crippen LogP contribution in [0.3, 0.4) is 0 Å². The zero-order chi connectivity index (χ0) is 14.0. The second-order valence-corrected chi connectivity index (χ2v) is 4.75. The molecule has 1 unspecified atom stereocenters. The molecule has 18 heavy (non-hydrogen) atoms. The summed E-state index contributed by atoms with van der Waals surface area (Å²) in [6.07, 6.45) is 0.659. The maximum atomic E-state index is 12.7. The van der Waals surface area contributed by atoms with Crippen molar-refractivity contribution >= 4 is 28.8 Å². The smallest absolute Gasteiger partial charge is 0.228 e. The Morgan fingerprint density at radius 1 is 1.17 bits per heavy atom. The molecule has 1 aromatic rings. The molecular weight excluding hydrogens is 301 g/mol. The van der Waals surface area contributed by atoms with Gasteiger partial charge >= 0.3 is 10.6 Å². The van der Waals surface area contributed by atoms with E-state index in [1.165, 1.54) is 0 Å². The molecule has 0 aliphatic rings. The Bertz CT molecular complexity index is 471. The van der Waals surface area contributed by atoms with E-state index in [-0.39, 0.29) is 5.56 Å². The fraction of sp³-hybridized carbons (Fsp3) is 0.222. The first-order valence-electron chi connectivity index (χ1n) is 4.31. The summed E-state index contributed by atoms with van der Waals surface area (Å²) >= 11 is 4.12. The molecule has 0 fully saturated rings. The van der Waals surface area contributed by atoms with Crippen LogP contribution in [0.4, 0.5) is 22.0 Å². The minimum Gasteiger partial charge on any atom is -0.228 e. The van der Waals surface area contributed by atoms with E-state index < -0.39 is 27.4 Å². The zero-order valence-corrected chi connectivity index (χ0v) is 9.99. The highest BCUT2D eigenvalue weighted by Gasteiger charge is 2.60. The van der Waals surface area contributed by atoms with E-state index in [4.69, 9.17) is 0 Å². The number of benzene rings is 1. The summed E-state index contributed by atoms with van der Waals surface area (Å²) < 4.78 is 76.1. The lowest BCUT2D eigenvalue weighted by atomic mass is 10.2. The van der Waals surface area contributed by atoms with E-state index in [9.17, 15) is 26.2 Å². The van der Waals surface area contributed by atoms with Crippen molar-refractivity contribution in [2.75, 3.05) is 0 Å². The molecule has 0 saturated carbocycles. The summed E-state index contributed by atoms with van der Waals surface area (Å²) in [4.78, 5) is 0. The highest BCUT2D eigenvalue weighted by atomic mass is 35.5. The van der Waals surface area contributed by atoms with Gasteiger partial charge < -0.3 is 0 Å². The first-order valence-corrected chi connectivity index (χ1v) is 5.79. The average Bonchev–Trinajstić information content (AvgIpc) is 2.26. The Balaban J connectivity index is 2.85. The third-order valence-corrected chi connectivity index (χ3v) is 3.06. The van der Waals surface area contributed by atoms with Gasteiger partial charge in [0, 0.05) is 6.21 Å². The molecule has 1 aromatic carbocycles. The van der Waals surface area contributed by atoms with Gasteiger partial charge in [-0.15, -0.1) is 0 Å². The molecule has 0 radical (unpaired) electrons. The van der Waals surface area contributed by atoms with Crippen LogP contribution in [0.15, 0.2) is 28.7 Å². The molecule has 1 rings (SSSR count). The number of alkyl halides is 5. The van der Waals surface area contributed by atoms with Crippen molar-refractivity contribution in [2.24, 2.45) is 4.40 Å². The predicted octanol–water partition coefficient (Wildman–Crippen LogP) is 3.33. The van der Waals surface area contributed by atoms with Crippen LogP contribution in [-0.4, -0.2) is 21.1 Å². The fourth-order valence-electron chi connectivity index (χ4n) is 0.823. The topological polar surface area (TPSA) is 29.4 Å². The molecule has 9 heteroatoms. The van der Waals surface area contributed by atoms with Gasteiger partial charge in [-0.2, -0.15) is 22.0 Å². The second-order valence-electron chi connectivity index (χ2n) is 3.05. The van der Waals surface area contributed by atoms with Gasteiger partial charge in [0.15, 0.2) is 0 Å². The molecule has 0 aliphatic heterocycles. The summed E-state index contributed by atoms with van der Waals surface area (Å²) in [6.45, 7) is 0. The quantitative estimate of drug-likeness (QED) is 0.476. The van der Waals surface area contributed by atoms with Gasteiger partial charge in [0.1, 0.15) is 5.82 Å². The largest absolute Gasteiger partial charge is 0.417 e. The van der Waals surface area contributed by atoms with Gasteiger partial charge in [0.25, 0.3) is 0 Å². The lowest BCUT2D eigenvalue weighted by Crippen LogP contribution is -2.38. The molecule has 0 bridgehead atoms. The maximum Gasteiger partial charge on any atom is 0.417 e. The Hall–Kier alpha value is -1.02. The van der Waals surface area contributed by atoms with Crippen molar-refractivity contribution < 1.29 is 26.2 Å². The molecule has 0 aromatic heterocycles. The number of hydrogen-bond acceptors (Lipinski definition) is 1. The Kier molecular flexibility index (Phi) is 4.44. The lowest BCUT2D eigenvalue weighted by Gasteiger charge is -2.17. The van der Waals surface area contributed by atoms with Crippen molar-refractivity contribution in [3.63, 3.8) is 0 Å². The van der Waals surface area contributed by atoms with Crippen LogP contribution in [-0.2, 0) is 11.0 Å². The molecule has 0 N–H and O–H groups in total. The molecule has 0 aliphatic carbocycles. The number of hydrogen-bond donors (Lipinski definition) is 0. The SMILES string of the molecule is O=S(/N=C/c1ccc(F)cc1)C(F)(F)C(F)(F)Cl. The van der Waals surface area contributed by atoms with Gasteiger partial charge in [-0.25, -0.2) is 8.60 Å².